The molecule has 0 amide bonds. The third kappa shape index (κ3) is 6.70. The Hall–Kier alpha value is -0.123. The van der Waals surface area contributed by atoms with Gasteiger partial charge in [0, 0.05) is 18.4 Å². The highest BCUT2D eigenvalue weighted by Crippen LogP contribution is 2.38. The first kappa shape index (κ1) is 25.9. The van der Waals surface area contributed by atoms with Gasteiger partial charge in [0.1, 0.15) is 21.3 Å². The first-order chi connectivity index (χ1) is 12.5. The van der Waals surface area contributed by atoms with Gasteiger partial charge >= 0.3 is 0 Å². The summed E-state index contributed by atoms with van der Waals surface area (Å²) in [6.45, 7) is 19.0. The van der Waals surface area contributed by atoms with Crippen molar-refractivity contribution in [1.82, 2.24) is 9.97 Å². The monoisotopic (exact) mass is 463 g/mol. The molecule has 0 aliphatic heterocycles. The summed E-state index contributed by atoms with van der Waals surface area (Å²) in [5.41, 5.74) is 0.0325. The number of hydrogen-bond donors (Lipinski definition) is 0. The minimum atomic E-state index is -2.00. The molecule has 0 aliphatic carbocycles. The van der Waals surface area contributed by atoms with Crippen LogP contribution in [0.1, 0.15) is 54.0 Å². The van der Waals surface area contributed by atoms with Crippen LogP contribution in [0.4, 0.5) is 0 Å². The lowest BCUT2D eigenvalue weighted by Gasteiger charge is -2.39. The molecule has 5 nitrogen and oxygen atoms in total. The zero-order chi connectivity index (χ0) is 22.0. The fourth-order valence-electron chi connectivity index (χ4n) is 1.88. The number of thioether (sulfide) groups is 1. The highest BCUT2D eigenvalue weighted by atomic mass is 35.5. The van der Waals surface area contributed by atoms with Crippen molar-refractivity contribution in [3.05, 3.63) is 16.9 Å². The molecule has 0 aromatic carbocycles. The predicted molar refractivity (Wildman–Crippen MR) is 126 cm³/mol. The van der Waals surface area contributed by atoms with E-state index in [1.807, 2.05) is 34.0 Å². The smallest absolute Gasteiger partial charge is 0.192 e. The van der Waals surface area contributed by atoms with E-state index in [1.54, 1.807) is 12.4 Å². The highest BCUT2D eigenvalue weighted by Gasteiger charge is 2.40. The predicted octanol–water partition coefficient (Wildman–Crippen LogP) is 5.66. The maximum Gasteiger partial charge on any atom is 0.192 e. The number of aromatic nitrogens is 2. The van der Waals surface area contributed by atoms with E-state index in [9.17, 15) is 4.55 Å². The van der Waals surface area contributed by atoms with Gasteiger partial charge in [0.15, 0.2) is 13.5 Å². The van der Waals surface area contributed by atoms with Gasteiger partial charge in [-0.1, -0.05) is 48.5 Å². The minimum Gasteiger partial charge on any atom is -0.591 e. The topological polar surface area (TPSA) is 70.4 Å². The van der Waals surface area contributed by atoms with Crippen molar-refractivity contribution >= 4 is 49.3 Å². The summed E-state index contributed by atoms with van der Waals surface area (Å²) in [6, 6.07) is 0. The number of rotatable bonds is 7. The lowest BCUT2D eigenvalue weighted by Crippen LogP contribution is -2.45. The van der Waals surface area contributed by atoms with Crippen LogP contribution in [0.2, 0.25) is 23.3 Å². The summed E-state index contributed by atoms with van der Waals surface area (Å²) >= 11 is 6.55. The van der Waals surface area contributed by atoms with Crippen LogP contribution >= 0.6 is 23.4 Å². The van der Waals surface area contributed by atoms with Crippen LogP contribution in [-0.2, 0) is 21.2 Å². The van der Waals surface area contributed by atoms with Gasteiger partial charge in [0.2, 0.25) is 0 Å². The fourth-order valence-corrected chi connectivity index (χ4v) is 4.36. The maximum atomic E-state index is 12.5. The minimum absolute atomic E-state index is 0.0717. The van der Waals surface area contributed by atoms with Crippen molar-refractivity contribution in [3.63, 3.8) is 0 Å². The van der Waals surface area contributed by atoms with Crippen molar-refractivity contribution in [3.8, 4) is 0 Å². The van der Waals surface area contributed by atoms with Gasteiger partial charge in [-0.3, -0.25) is 0 Å². The van der Waals surface area contributed by atoms with Gasteiger partial charge in [0.25, 0.3) is 0 Å². The van der Waals surface area contributed by atoms with Crippen molar-refractivity contribution in [2.45, 2.75) is 81.9 Å². The Morgan fingerprint density at radius 3 is 2.25 bits per heavy atom. The molecule has 1 rings (SSSR count). The fraction of sp³-hybridized carbons (Fsp3) is 0.737. The van der Waals surface area contributed by atoms with E-state index in [0.29, 0.717) is 16.9 Å². The molecule has 1 aromatic heterocycles. The average Bonchev–Trinajstić information content (AvgIpc) is 2.55. The lowest BCUT2D eigenvalue weighted by molar-refractivity contribution is 0.247. The Bertz CT molecular complexity index is 705. The lowest BCUT2D eigenvalue weighted by atomic mass is 9.86. The van der Waals surface area contributed by atoms with Crippen molar-refractivity contribution in [2.24, 2.45) is 4.40 Å². The van der Waals surface area contributed by atoms with Crippen LogP contribution in [0.5, 0.6) is 0 Å². The average molecular weight is 464 g/mol. The second-order valence-electron chi connectivity index (χ2n) is 9.62. The quantitative estimate of drug-likeness (QED) is 0.130. The van der Waals surface area contributed by atoms with Crippen LogP contribution in [0.15, 0.2) is 15.8 Å². The molecular formula is C19H34ClN3O2S2Si. The van der Waals surface area contributed by atoms with E-state index < -0.39 is 29.8 Å². The third-order valence-corrected chi connectivity index (χ3v) is 11.7. The molecule has 2 atom stereocenters. The third-order valence-electron chi connectivity index (χ3n) is 5.01. The molecule has 9 heteroatoms. The Morgan fingerprint density at radius 2 is 1.82 bits per heavy atom. The second-order valence-corrected chi connectivity index (χ2v) is 17.5. The molecule has 160 valence electrons. The molecule has 0 saturated heterocycles. The van der Waals surface area contributed by atoms with Crippen LogP contribution in [0, 0.1) is 0 Å². The number of halogens is 1. The zero-order valence-electron chi connectivity index (χ0n) is 18.7. The molecule has 28 heavy (non-hydrogen) atoms. The standard InChI is InChI=1S/C19H34ClN3O2S2Si/c1-17(2,3)27(24)22-12-19(7,13-25-28(9,10)18(4,5)6)14-11-21-16(26-8)23-15(14)20/h11-12H,13H2,1-10H3/t19-,27?/m1/s1. The summed E-state index contributed by atoms with van der Waals surface area (Å²) in [5.74, 6) is 0. The first-order valence-electron chi connectivity index (χ1n) is 9.22. The number of hydrogen-bond acceptors (Lipinski definition) is 6. The molecule has 1 heterocycles. The Balaban J connectivity index is 3.33. The molecule has 0 aliphatic rings. The van der Waals surface area contributed by atoms with E-state index in [-0.39, 0.29) is 5.04 Å². The van der Waals surface area contributed by atoms with E-state index in [4.69, 9.17) is 16.0 Å². The van der Waals surface area contributed by atoms with Crippen molar-refractivity contribution in [1.29, 1.82) is 0 Å². The molecule has 0 radical (unpaired) electrons. The summed E-state index contributed by atoms with van der Waals surface area (Å²) in [5, 5.41) is 1.05. The molecule has 1 unspecified atom stereocenters. The summed E-state index contributed by atoms with van der Waals surface area (Å²) < 4.78 is 22.9. The summed E-state index contributed by atoms with van der Waals surface area (Å²) in [6.07, 6.45) is 5.33. The molecule has 0 fully saturated rings. The van der Waals surface area contributed by atoms with E-state index in [2.05, 4.69) is 48.2 Å². The summed E-state index contributed by atoms with van der Waals surface area (Å²) in [4.78, 5) is 8.74. The van der Waals surface area contributed by atoms with Gasteiger partial charge in [0.05, 0.1) is 11.6 Å². The molecular weight excluding hydrogens is 430 g/mol. The Kier molecular flexibility index (Phi) is 8.65. The Morgan fingerprint density at radius 1 is 1.25 bits per heavy atom. The van der Waals surface area contributed by atoms with Crippen LogP contribution < -0.4 is 0 Å². The van der Waals surface area contributed by atoms with Crippen molar-refractivity contribution < 1.29 is 8.98 Å². The van der Waals surface area contributed by atoms with E-state index >= 15 is 0 Å². The van der Waals surface area contributed by atoms with Crippen LogP contribution in [0.3, 0.4) is 0 Å². The molecule has 0 spiro atoms. The van der Waals surface area contributed by atoms with Gasteiger partial charge in [-0.25, -0.2) is 9.97 Å². The van der Waals surface area contributed by atoms with Gasteiger partial charge in [-0.2, -0.15) is 0 Å². The zero-order valence-corrected chi connectivity index (χ0v) is 22.1. The maximum absolute atomic E-state index is 12.5. The van der Waals surface area contributed by atoms with Gasteiger partial charge in [-0.05, 0) is 52.1 Å². The largest absolute Gasteiger partial charge is 0.591 e. The van der Waals surface area contributed by atoms with E-state index in [0.717, 1.165) is 5.56 Å². The molecule has 0 N–H and O–H groups in total. The van der Waals surface area contributed by atoms with Crippen LogP contribution in [0.25, 0.3) is 0 Å². The normalized spacial score (nSPS) is 17.0. The summed E-state index contributed by atoms with van der Waals surface area (Å²) in [7, 11) is -2.00. The number of nitrogens with zero attached hydrogens (tertiary/aromatic N) is 3. The SMILES string of the molecule is CSc1ncc([C@](C)(C=N[S+]([O-])C(C)(C)C)CO[Si](C)(C)C(C)(C)C)c(Cl)n1. The molecule has 0 bridgehead atoms. The Labute approximate surface area is 184 Å². The highest BCUT2D eigenvalue weighted by molar-refractivity contribution is 7.98. The van der Waals surface area contributed by atoms with Gasteiger partial charge in [-0.15, -0.1) is 0 Å². The van der Waals surface area contributed by atoms with Gasteiger partial charge < -0.3 is 8.98 Å². The molecule has 0 saturated carbocycles. The van der Waals surface area contributed by atoms with E-state index in [1.165, 1.54) is 11.8 Å². The van der Waals surface area contributed by atoms with Crippen molar-refractivity contribution in [2.75, 3.05) is 12.9 Å². The molecule has 1 aromatic rings. The second kappa shape index (κ2) is 9.35. The first-order valence-corrected chi connectivity index (χ1v) is 14.8. The van der Waals surface area contributed by atoms with Crippen LogP contribution in [-0.4, -0.2) is 46.7 Å².